The topological polar surface area (TPSA) is 37.4 Å². The third kappa shape index (κ3) is 2.38. The van der Waals surface area contributed by atoms with Crippen molar-refractivity contribution in [3.63, 3.8) is 0 Å². The number of benzene rings is 1. The van der Waals surface area contributed by atoms with E-state index in [4.69, 9.17) is 0 Å². The summed E-state index contributed by atoms with van der Waals surface area (Å²) in [6.45, 7) is 7.44. The van der Waals surface area contributed by atoms with E-state index in [9.17, 15) is 8.42 Å². The van der Waals surface area contributed by atoms with E-state index in [1.807, 2.05) is 19.1 Å². The maximum Gasteiger partial charge on any atom is 0.243 e. The standard InChI is InChI=1S/C13H19NO2S/c1-10-4-6-13(7-5-10)17(15,16)14-8-11(2)12(3)9-14/h4-7,11-12H,8-9H2,1-3H3/t11-,12+. The summed E-state index contributed by atoms with van der Waals surface area (Å²) in [6, 6.07) is 7.07. The van der Waals surface area contributed by atoms with Gasteiger partial charge in [0.2, 0.25) is 10.0 Å². The highest BCUT2D eigenvalue weighted by atomic mass is 32.2. The highest BCUT2D eigenvalue weighted by Gasteiger charge is 2.34. The smallest absolute Gasteiger partial charge is 0.207 e. The molecule has 4 heteroatoms. The summed E-state index contributed by atoms with van der Waals surface area (Å²) in [6.07, 6.45) is 0. The van der Waals surface area contributed by atoms with Crippen molar-refractivity contribution in [3.8, 4) is 0 Å². The number of hydrogen-bond donors (Lipinski definition) is 0. The largest absolute Gasteiger partial charge is 0.243 e. The summed E-state index contributed by atoms with van der Waals surface area (Å²) in [4.78, 5) is 0.407. The van der Waals surface area contributed by atoms with Gasteiger partial charge in [0.25, 0.3) is 0 Å². The van der Waals surface area contributed by atoms with Crippen LogP contribution < -0.4 is 0 Å². The summed E-state index contributed by atoms with van der Waals surface area (Å²) in [5, 5.41) is 0. The lowest BCUT2D eigenvalue weighted by Crippen LogP contribution is -2.29. The van der Waals surface area contributed by atoms with Crippen molar-refractivity contribution in [2.24, 2.45) is 11.8 Å². The number of aryl methyl sites for hydroxylation is 1. The molecule has 94 valence electrons. The van der Waals surface area contributed by atoms with Crippen LogP contribution in [-0.2, 0) is 10.0 Å². The van der Waals surface area contributed by atoms with Gasteiger partial charge in [-0.25, -0.2) is 8.42 Å². The first kappa shape index (κ1) is 12.6. The van der Waals surface area contributed by atoms with E-state index < -0.39 is 10.0 Å². The Labute approximate surface area is 104 Å². The first-order valence-electron chi connectivity index (χ1n) is 5.98. The fourth-order valence-corrected chi connectivity index (χ4v) is 3.77. The molecule has 1 heterocycles. The van der Waals surface area contributed by atoms with Crippen LogP contribution in [0.3, 0.4) is 0 Å². The van der Waals surface area contributed by atoms with E-state index in [1.165, 1.54) is 0 Å². The predicted molar refractivity (Wildman–Crippen MR) is 68.3 cm³/mol. The lowest BCUT2D eigenvalue weighted by molar-refractivity contribution is 0.463. The number of sulfonamides is 1. The molecular formula is C13H19NO2S. The van der Waals surface area contributed by atoms with Crippen LogP contribution in [0.15, 0.2) is 29.2 Å². The van der Waals surface area contributed by atoms with Crippen molar-refractivity contribution in [1.82, 2.24) is 4.31 Å². The Hall–Kier alpha value is -0.870. The van der Waals surface area contributed by atoms with Crippen LogP contribution >= 0.6 is 0 Å². The summed E-state index contributed by atoms with van der Waals surface area (Å²) in [5.74, 6) is 0.880. The molecule has 1 saturated heterocycles. The fourth-order valence-electron chi connectivity index (χ4n) is 2.13. The van der Waals surface area contributed by atoms with E-state index in [0.717, 1.165) is 5.56 Å². The molecule has 0 spiro atoms. The van der Waals surface area contributed by atoms with Crippen molar-refractivity contribution in [1.29, 1.82) is 0 Å². The molecule has 0 aliphatic carbocycles. The second-order valence-corrected chi connectivity index (χ2v) is 7.03. The lowest BCUT2D eigenvalue weighted by atomic mass is 10.0. The third-order valence-corrected chi connectivity index (χ3v) is 5.46. The van der Waals surface area contributed by atoms with E-state index in [1.54, 1.807) is 16.4 Å². The molecule has 1 fully saturated rings. The molecule has 2 atom stereocenters. The molecule has 1 aliphatic rings. The SMILES string of the molecule is Cc1ccc(S(=O)(=O)N2C[C@@H](C)[C@@H](C)C2)cc1. The van der Waals surface area contributed by atoms with Crippen LogP contribution in [0.2, 0.25) is 0 Å². The maximum absolute atomic E-state index is 12.4. The maximum atomic E-state index is 12.4. The zero-order valence-corrected chi connectivity index (χ0v) is 11.4. The average Bonchev–Trinajstić information content (AvgIpc) is 2.60. The van der Waals surface area contributed by atoms with E-state index in [-0.39, 0.29) is 0 Å². The summed E-state index contributed by atoms with van der Waals surface area (Å²) in [5.41, 5.74) is 1.08. The van der Waals surface area contributed by atoms with Crippen molar-refractivity contribution in [2.75, 3.05) is 13.1 Å². The van der Waals surface area contributed by atoms with Gasteiger partial charge in [0.15, 0.2) is 0 Å². The first-order valence-corrected chi connectivity index (χ1v) is 7.42. The molecule has 0 radical (unpaired) electrons. The van der Waals surface area contributed by atoms with Gasteiger partial charge in [0.05, 0.1) is 4.90 Å². The van der Waals surface area contributed by atoms with Crippen molar-refractivity contribution < 1.29 is 8.42 Å². The van der Waals surface area contributed by atoms with Crippen molar-refractivity contribution >= 4 is 10.0 Å². The monoisotopic (exact) mass is 253 g/mol. The molecule has 0 amide bonds. The molecule has 1 aliphatic heterocycles. The van der Waals surface area contributed by atoms with Crippen LogP contribution in [0.4, 0.5) is 0 Å². The second kappa shape index (κ2) is 4.42. The molecular weight excluding hydrogens is 234 g/mol. The van der Waals surface area contributed by atoms with Gasteiger partial charge in [-0.3, -0.25) is 0 Å². The van der Waals surface area contributed by atoms with E-state index in [2.05, 4.69) is 13.8 Å². The average molecular weight is 253 g/mol. The first-order chi connectivity index (χ1) is 7.91. The molecule has 1 aromatic rings. The molecule has 17 heavy (non-hydrogen) atoms. The van der Waals surface area contributed by atoms with Crippen LogP contribution in [-0.4, -0.2) is 25.8 Å². The van der Waals surface area contributed by atoms with Crippen LogP contribution in [0.5, 0.6) is 0 Å². The molecule has 0 saturated carbocycles. The number of rotatable bonds is 2. The van der Waals surface area contributed by atoms with Crippen molar-refractivity contribution in [2.45, 2.75) is 25.7 Å². The summed E-state index contributed by atoms with van der Waals surface area (Å²) >= 11 is 0. The molecule has 0 N–H and O–H groups in total. The Morgan fingerprint density at radius 1 is 1.06 bits per heavy atom. The highest BCUT2D eigenvalue weighted by Crippen LogP contribution is 2.27. The zero-order valence-electron chi connectivity index (χ0n) is 10.6. The van der Waals surface area contributed by atoms with Crippen LogP contribution in [0, 0.1) is 18.8 Å². The normalized spacial score (nSPS) is 26.3. The van der Waals surface area contributed by atoms with Gasteiger partial charge in [0, 0.05) is 13.1 Å². The Morgan fingerprint density at radius 2 is 1.53 bits per heavy atom. The van der Waals surface area contributed by atoms with Gasteiger partial charge in [-0.15, -0.1) is 0 Å². The van der Waals surface area contributed by atoms with Gasteiger partial charge < -0.3 is 0 Å². The Bertz CT molecular complexity index is 483. The number of nitrogens with zero attached hydrogens (tertiary/aromatic N) is 1. The third-order valence-electron chi connectivity index (χ3n) is 3.61. The molecule has 2 rings (SSSR count). The fraction of sp³-hybridized carbons (Fsp3) is 0.538. The highest BCUT2D eigenvalue weighted by molar-refractivity contribution is 7.89. The van der Waals surface area contributed by atoms with Gasteiger partial charge in [-0.1, -0.05) is 31.5 Å². The lowest BCUT2D eigenvalue weighted by Gasteiger charge is -2.16. The quantitative estimate of drug-likeness (QED) is 0.811. The van der Waals surface area contributed by atoms with Crippen molar-refractivity contribution in [3.05, 3.63) is 29.8 Å². The minimum Gasteiger partial charge on any atom is -0.207 e. The van der Waals surface area contributed by atoms with Gasteiger partial charge in [0.1, 0.15) is 0 Å². The van der Waals surface area contributed by atoms with Gasteiger partial charge in [-0.05, 0) is 30.9 Å². The van der Waals surface area contributed by atoms with Gasteiger partial charge in [-0.2, -0.15) is 4.31 Å². The second-order valence-electron chi connectivity index (χ2n) is 5.09. The molecule has 1 aromatic carbocycles. The summed E-state index contributed by atoms with van der Waals surface area (Å²) in [7, 11) is -3.29. The zero-order chi connectivity index (χ0) is 12.6. The Balaban J connectivity index is 2.28. The number of hydrogen-bond acceptors (Lipinski definition) is 2. The van der Waals surface area contributed by atoms with Crippen LogP contribution in [0.1, 0.15) is 19.4 Å². The Morgan fingerprint density at radius 3 is 2.00 bits per heavy atom. The van der Waals surface area contributed by atoms with Gasteiger partial charge >= 0.3 is 0 Å². The van der Waals surface area contributed by atoms with E-state index >= 15 is 0 Å². The van der Waals surface area contributed by atoms with Crippen LogP contribution in [0.25, 0.3) is 0 Å². The molecule has 0 bridgehead atoms. The minimum absolute atomic E-state index is 0.407. The van der Waals surface area contributed by atoms with E-state index in [0.29, 0.717) is 29.8 Å². The molecule has 3 nitrogen and oxygen atoms in total. The molecule has 0 unspecified atom stereocenters. The summed E-state index contributed by atoms with van der Waals surface area (Å²) < 4.78 is 26.3. The minimum atomic E-state index is -3.29. The molecule has 0 aromatic heterocycles. The Kier molecular flexibility index (Phi) is 3.27. The predicted octanol–water partition coefficient (Wildman–Crippen LogP) is 2.27.